The van der Waals surface area contributed by atoms with E-state index < -0.39 is 5.91 Å². The van der Waals surface area contributed by atoms with Gasteiger partial charge in [0.1, 0.15) is 0 Å². The van der Waals surface area contributed by atoms with Crippen LogP contribution in [0.25, 0.3) is 11.8 Å². The lowest BCUT2D eigenvalue weighted by atomic mass is 10.1. The number of rotatable bonds is 3. The maximum atomic E-state index is 12.8. The van der Waals surface area contributed by atoms with Crippen LogP contribution in [0.4, 0.5) is 0 Å². The summed E-state index contributed by atoms with van der Waals surface area (Å²) in [7, 11) is 0. The van der Waals surface area contributed by atoms with Crippen molar-refractivity contribution in [1.82, 2.24) is 9.58 Å². The van der Waals surface area contributed by atoms with Crippen molar-refractivity contribution in [3.05, 3.63) is 82.1 Å². The highest BCUT2D eigenvalue weighted by Crippen LogP contribution is 2.32. The fourth-order valence-corrected chi connectivity index (χ4v) is 4.87. The molecule has 0 saturated heterocycles. The molecule has 0 fully saturated rings. The van der Waals surface area contributed by atoms with Crippen LogP contribution in [-0.2, 0) is 4.79 Å². The van der Waals surface area contributed by atoms with Crippen LogP contribution in [0, 0.1) is 33.1 Å². The second kappa shape index (κ2) is 7.49. The van der Waals surface area contributed by atoms with Gasteiger partial charge in [0.25, 0.3) is 5.91 Å². The van der Waals surface area contributed by atoms with E-state index in [1.165, 1.54) is 27.9 Å². The van der Waals surface area contributed by atoms with Gasteiger partial charge in [0.15, 0.2) is 16.6 Å². The summed E-state index contributed by atoms with van der Waals surface area (Å²) >= 11 is 1.22. The molecule has 1 amide bonds. The maximum absolute atomic E-state index is 12.8. The summed E-state index contributed by atoms with van der Waals surface area (Å²) in [5.74, 6) is 0.140. The number of furan rings is 1. The van der Waals surface area contributed by atoms with Gasteiger partial charge >= 0.3 is 0 Å². The number of thioether (sulfide) groups is 1. The number of aromatic nitrogens is 1. The molecule has 0 bridgehead atoms. The number of benzene rings is 1. The summed E-state index contributed by atoms with van der Waals surface area (Å²) < 4.78 is 7.56. The Bertz CT molecular complexity index is 1380. The smallest absolute Gasteiger partial charge is 0.283 e. The molecule has 8 heteroatoms. The topological polar surface area (TPSA) is 86.9 Å². The van der Waals surface area contributed by atoms with E-state index in [9.17, 15) is 4.79 Å². The summed E-state index contributed by atoms with van der Waals surface area (Å²) in [6, 6.07) is 11.9. The van der Waals surface area contributed by atoms with Gasteiger partial charge in [-0.3, -0.25) is 10.2 Å². The molecule has 160 valence electrons. The first-order valence-corrected chi connectivity index (χ1v) is 11.0. The van der Waals surface area contributed by atoms with Crippen molar-refractivity contribution in [1.29, 1.82) is 5.41 Å². The molecule has 0 atom stereocenters. The number of hydrogen-bond donors (Lipinski definition) is 1. The number of hydrazone groups is 1. The lowest BCUT2D eigenvalue weighted by Gasteiger charge is -2.20. The van der Waals surface area contributed by atoms with Gasteiger partial charge < -0.3 is 8.98 Å². The average molecular weight is 444 g/mol. The molecule has 4 heterocycles. The minimum atomic E-state index is -0.444. The van der Waals surface area contributed by atoms with Gasteiger partial charge in [-0.05, 0) is 80.9 Å². The third-order valence-electron chi connectivity index (χ3n) is 5.55. The maximum Gasteiger partial charge on any atom is 0.283 e. The van der Waals surface area contributed by atoms with Crippen molar-refractivity contribution in [2.45, 2.75) is 27.7 Å². The van der Waals surface area contributed by atoms with Gasteiger partial charge in [-0.25, -0.2) is 0 Å². The van der Waals surface area contributed by atoms with E-state index in [0.717, 1.165) is 22.6 Å². The number of hydrogen-bond acceptors (Lipinski definition) is 5. The number of fused-ring (bicyclic) bond motifs is 1. The fourth-order valence-electron chi connectivity index (χ4n) is 4.01. The second-order valence-corrected chi connectivity index (χ2v) is 8.81. The lowest BCUT2D eigenvalue weighted by molar-refractivity contribution is -0.114. The number of aliphatic imine (C=N–C) groups is 1. The van der Waals surface area contributed by atoms with Crippen LogP contribution in [0.2, 0.25) is 0 Å². The largest absolute Gasteiger partial charge is 0.462 e. The number of carbonyl (C=O) groups excluding carboxylic acids is 1. The van der Waals surface area contributed by atoms with E-state index >= 15 is 0 Å². The molecular formula is C24H21N5O2S. The molecule has 32 heavy (non-hydrogen) atoms. The normalized spacial score (nSPS) is 17.1. The number of carbonyl (C=O) groups is 1. The van der Waals surface area contributed by atoms with E-state index in [2.05, 4.69) is 46.7 Å². The molecule has 3 aromatic rings. The predicted molar refractivity (Wildman–Crippen MR) is 128 cm³/mol. The number of amides is 1. The molecule has 2 aliphatic heterocycles. The number of amidine groups is 2. The third-order valence-corrected chi connectivity index (χ3v) is 6.47. The summed E-state index contributed by atoms with van der Waals surface area (Å²) in [4.78, 5) is 17.0. The molecule has 5 rings (SSSR count). The van der Waals surface area contributed by atoms with Crippen LogP contribution in [0.3, 0.4) is 0 Å². The monoisotopic (exact) mass is 443 g/mol. The molecule has 2 aliphatic rings. The highest BCUT2D eigenvalue weighted by molar-refractivity contribution is 8.27. The molecule has 1 aromatic carbocycles. The van der Waals surface area contributed by atoms with Crippen LogP contribution >= 0.6 is 11.8 Å². The number of nitrogens with zero attached hydrogens (tertiary/aromatic N) is 4. The Balaban J connectivity index is 1.54. The molecule has 7 nitrogen and oxygen atoms in total. The van der Waals surface area contributed by atoms with E-state index in [-0.39, 0.29) is 11.4 Å². The minimum Gasteiger partial charge on any atom is -0.462 e. The highest BCUT2D eigenvalue weighted by Gasteiger charge is 2.36. The SMILES string of the molecule is Cc1ccc(-n2c(C)cc(C=C3C(=N)N4N=C(c5ccco5)SC4=NC3=O)c2C)c(C)c1. The van der Waals surface area contributed by atoms with Crippen molar-refractivity contribution in [3.63, 3.8) is 0 Å². The molecule has 0 unspecified atom stereocenters. The summed E-state index contributed by atoms with van der Waals surface area (Å²) in [6.07, 6.45) is 3.29. The summed E-state index contributed by atoms with van der Waals surface area (Å²) in [5, 5.41) is 15.4. The van der Waals surface area contributed by atoms with Crippen molar-refractivity contribution in [3.8, 4) is 5.69 Å². The Morgan fingerprint density at radius 2 is 1.94 bits per heavy atom. The molecule has 2 aromatic heterocycles. The first-order chi connectivity index (χ1) is 15.3. The zero-order valence-corrected chi connectivity index (χ0v) is 18.9. The van der Waals surface area contributed by atoms with Crippen LogP contribution in [0.5, 0.6) is 0 Å². The third kappa shape index (κ3) is 3.23. The first kappa shape index (κ1) is 20.3. The average Bonchev–Trinajstić information content (AvgIpc) is 3.46. The van der Waals surface area contributed by atoms with E-state index in [1.54, 1.807) is 24.5 Å². The van der Waals surface area contributed by atoms with Gasteiger partial charge in [-0.15, -0.1) is 0 Å². The lowest BCUT2D eigenvalue weighted by Crippen LogP contribution is -2.35. The fraction of sp³-hybridized carbons (Fsp3) is 0.167. The van der Waals surface area contributed by atoms with Crippen molar-refractivity contribution >= 4 is 39.8 Å². The quantitative estimate of drug-likeness (QED) is 0.579. The van der Waals surface area contributed by atoms with Crippen LogP contribution in [-0.4, -0.2) is 31.5 Å². The Hall–Kier alpha value is -3.65. The minimum absolute atomic E-state index is 0.00498. The molecule has 0 radical (unpaired) electrons. The molecule has 0 saturated carbocycles. The van der Waals surface area contributed by atoms with Crippen molar-refractivity contribution in [2.24, 2.45) is 10.1 Å². The first-order valence-electron chi connectivity index (χ1n) is 10.1. The zero-order chi connectivity index (χ0) is 22.6. The standard InChI is InChI=1S/C24H21N5O2S/c1-13-7-8-19(14(2)10-13)28-15(3)11-17(16(28)4)12-18-21(25)29-24(26-22(18)30)32-23(27-29)20-6-5-9-31-20/h5-12,25H,1-4H3. The highest BCUT2D eigenvalue weighted by atomic mass is 32.2. The molecule has 0 aliphatic carbocycles. The summed E-state index contributed by atoms with van der Waals surface area (Å²) in [5.41, 5.74) is 6.61. The van der Waals surface area contributed by atoms with E-state index in [4.69, 9.17) is 9.83 Å². The molecule has 0 spiro atoms. The van der Waals surface area contributed by atoms with Crippen LogP contribution < -0.4 is 0 Å². The Morgan fingerprint density at radius 3 is 2.66 bits per heavy atom. The van der Waals surface area contributed by atoms with Crippen molar-refractivity contribution < 1.29 is 9.21 Å². The Morgan fingerprint density at radius 1 is 1.12 bits per heavy atom. The van der Waals surface area contributed by atoms with Crippen LogP contribution in [0.1, 0.15) is 33.8 Å². The number of aryl methyl sites for hydroxylation is 3. The zero-order valence-electron chi connectivity index (χ0n) is 18.1. The summed E-state index contributed by atoms with van der Waals surface area (Å²) in [6.45, 7) is 8.22. The number of nitrogens with one attached hydrogen (secondary N) is 1. The van der Waals surface area contributed by atoms with Gasteiger partial charge in [0, 0.05) is 17.1 Å². The molecule has 1 N–H and O–H groups in total. The molecular weight excluding hydrogens is 422 g/mol. The van der Waals surface area contributed by atoms with Gasteiger partial charge in [-0.2, -0.15) is 15.1 Å². The van der Waals surface area contributed by atoms with Gasteiger partial charge in [0.05, 0.1) is 11.8 Å². The second-order valence-electron chi connectivity index (χ2n) is 7.85. The Kier molecular flexibility index (Phi) is 4.74. The van der Waals surface area contributed by atoms with E-state index in [1.807, 2.05) is 19.9 Å². The Labute approximate surface area is 189 Å². The van der Waals surface area contributed by atoms with Crippen LogP contribution in [0.15, 0.2) is 62.7 Å². The van der Waals surface area contributed by atoms with Gasteiger partial charge in [-0.1, -0.05) is 17.7 Å². The van der Waals surface area contributed by atoms with E-state index in [0.29, 0.717) is 16.0 Å². The van der Waals surface area contributed by atoms with Gasteiger partial charge in [0.2, 0.25) is 5.17 Å². The van der Waals surface area contributed by atoms with Crippen molar-refractivity contribution in [2.75, 3.05) is 0 Å². The predicted octanol–water partition coefficient (Wildman–Crippen LogP) is 4.97.